The van der Waals surface area contributed by atoms with Gasteiger partial charge in [0.05, 0.1) is 24.5 Å². The highest BCUT2D eigenvalue weighted by atomic mass is 19.1. The number of amides is 1. The van der Waals surface area contributed by atoms with Crippen LogP contribution in [0.25, 0.3) is 5.69 Å². The Morgan fingerprint density at radius 1 is 1.11 bits per heavy atom. The van der Waals surface area contributed by atoms with Crippen molar-refractivity contribution in [1.82, 2.24) is 20.0 Å². The standard InChI is InChI=1S/C20H24F2N4O/c21-14-9-15(22)11-16(10-14)26-19-6-4-5-18(17(19)12-23-26)24-20(27)13-25-7-2-1-3-8-25/h9-12,18H,1-8,13H2,(H,24,27)/t18-/m1/s1. The fourth-order valence-electron chi connectivity index (χ4n) is 4.15. The lowest BCUT2D eigenvalue weighted by Crippen LogP contribution is -2.41. The molecular weight excluding hydrogens is 350 g/mol. The fraction of sp³-hybridized carbons (Fsp3) is 0.500. The van der Waals surface area contributed by atoms with Crippen LogP contribution >= 0.6 is 0 Å². The summed E-state index contributed by atoms with van der Waals surface area (Å²) in [4.78, 5) is 14.7. The van der Waals surface area contributed by atoms with Crippen molar-refractivity contribution < 1.29 is 13.6 Å². The van der Waals surface area contributed by atoms with E-state index in [1.54, 1.807) is 10.9 Å². The van der Waals surface area contributed by atoms with Crippen LogP contribution < -0.4 is 5.32 Å². The van der Waals surface area contributed by atoms with Crippen molar-refractivity contribution in [3.63, 3.8) is 0 Å². The minimum absolute atomic E-state index is 0.0271. The first kappa shape index (κ1) is 18.1. The predicted molar refractivity (Wildman–Crippen MR) is 97.6 cm³/mol. The first-order chi connectivity index (χ1) is 13.1. The largest absolute Gasteiger partial charge is 0.348 e. The van der Waals surface area contributed by atoms with E-state index in [0.29, 0.717) is 12.2 Å². The smallest absolute Gasteiger partial charge is 0.234 e. The minimum atomic E-state index is -0.628. The molecule has 1 saturated heterocycles. The summed E-state index contributed by atoms with van der Waals surface area (Å²) in [5.74, 6) is -1.23. The van der Waals surface area contributed by atoms with E-state index in [-0.39, 0.29) is 11.9 Å². The molecule has 4 rings (SSSR count). The Morgan fingerprint density at radius 3 is 2.59 bits per heavy atom. The number of benzene rings is 1. The maximum absolute atomic E-state index is 13.6. The van der Waals surface area contributed by atoms with Gasteiger partial charge < -0.3 is 5.32 Å². The second kappa shape index (κ2) is 7.76. The van der Waals surface area contributed by atoms with Crippen LogP contribution in [-0.4, -0.2) is 40.2 Å². The highest BCUT2D eigenvalue weighted by Crippen LogP contribution is 2.31. The molecule has 5 nitrogen and oxygen atoms in total. The molecule has 27 heavy (non-hydrogen) atoms. The number of nitrogens with one attached hydrogen (secondary N) is 1. The number of carbonyl (C=O) groups excluding carboxylic acids is 1. The van der Waals surface area contributed by atoms with Gasteiger partial charge in [0, 0.05) is 17.3 Å². The van der Waals surface area contributed by atoms with E-state index in [0.717, 1.165) is 62.5 Å². The Morgan fingerprint density at radius 2 is 1.85 bits per heavy atom. The van der Waals surface area contributed by atoms with E-state index in [2.05, 4.69) is 15.3 Å². The summed E-state index contributed by atoms with van der Waals surface area (Å²) in [6.07, 6.45) is 7.77. The van der Waals surface area contributed by atoms with Crippen molar-refractivity contribution in [2.24, 2.45) is 0 Å². The van der Waals surface area contributed by atoms with Gasteiger partial charge in [0.15, 0.2) is 0 Å². The summed E-state index contributed by atoms with van der Waals surface area (Å²) >= 11 is 0. The van der Waals surface area contributed by atoms with Gasteiger partial charge in [0.1, 0.15) is 11.6 Å². The summed E-state index contributed by atoms with van der Waals surface area (Å²) < 4.78 is 28.7. The van der Waals surface area contributed by atoms with Gasteiger partial charge in [-0.15, -0.1) is 0 Å². The van der Waals surface area contributed by atoms with Crippen molar-refractivity contribution in [3.05, 3.63) is 47.3 Å². The van der Waals surface area contributed by atoms with Crippen molar-refractivity contribution in [2.75, 3.05) is 19.6 Å². The van der Waals surface area contributed by atoms with Crippen molar-refractivity contribution in [1.29, 1.82) is 0 Å². The van der Waals surface area contributed by atoms with E-state index in [9.17, 15) is 13.6 Å². The number of fused-ring (bicyclic) bond motifs is 1. The van der Waals surface area contributed by atoms with Crippen LogP contribution in [0.15, 0.2) is 24.4 Å². The van der Waals surface area contributed by atoms with E-state index in [4.69, 9.17) is 0 Å². The molecule has 1 fully saturated rings. The Bertz CT molecular complexity index is 809. The molecule has 1 atom stereocenters. The maximum Gasteiger partial charge on any atom is 0.234 e. The van der Waals surface area contributed by atoms with Gasteiger partial charge in [0.25, 0.3) is 0 Å². The molecular formula is C20H24F2N4O. The zero-order chi connectivity index (χ0) is 18.8. The number of aromatic nitrogens is 2. The maximum atomic E-state index is 13.6. The topological polar surface area (TPSA) is 50.2 Å². The number of piperidine rings is 1. The molecule has 2 aliphatic rings. The Labute approximate surface area is 157 Å². The summed E-state index contributed by atoms with van der Waals surface area (Å²) in [5, 5.41) is 7.47. The summed E-state index contributed by atoms with van der Waals surface area (Å²) in [6, 6.07) is 3.30. The number of carbonyl (C=O) groups is 1. The molecule has 0 unspecified atom stereocenters. The second-order valence-corrected chi connectivity index (χ2v) is 7.44. The molecule has 2 aromatic rings. The highest BCUT2D eigenvalue weighted by Gasteiger charge is 2.27. The third-order valence-corrected chi connectivity index (χ3v) is 5.43. The first-order valence-corrected chi connectivity index (χ1v) is 9.65. The normalized spacial score (nSPS) is 20.3. The molecule has 0 bridgehead atoms. The van der Waals surface area contributed by atoms with Crippen LogP contribution in [0.4, 0.5) is 8.78 Å². The Balaban J connectivity index is 1.50. The third kappa shape index (κ3) is 4.03. The number of nitrogens with zero attached hydrogens (tertiary/aromatic N) is 3. The van der Waals surface area contributed by atoms with Gasteiger partial charge in [-0.2, -0.15) is 5.10 Å². The van der Waals surface area contributed by atoms with Gasteiger partial charge in [-0.25, -0.2) is 13.5 Å². The van der Waals surface area contributed by atoms with Crippen LogP contribution in [0.1, 0.15) is 49.4 Å². The van der Waals surface area contributed by atoms with Gasteiger partial charge >= 0.3 is 0 Å². The SMILES string of the molecule is O=C(CN1CCCCC1)N[C@@H]1CCCc2c1cnn2-c1cc(F)cc(F)c1. The van der Waals surface area contributed by atoms with Gasteiger partial charge in [-0.3, -0.25) is 9.69 Å². The highest BCUT2D eigenvalue weighted by molar-refractivity contribution is 5.78. The van der Waals surface area contributed by atoms with Crippen molar-refractivity contribution in [2.45, 2.75) is 44.6 Å². The summed E-state index contributed by atoms with van der Waals surface area (Å²) in [7, 11) is 0. The predicted octanol–water partition coefficient (Wildman–Crippen LogP) is 3.13. The molecule has 1 aromatic heterocycles. The minimum Gasteiger partial charge on any atom is -0.348 e. The number of hydrogen-bond acceptors (Lipinski definition) is 3. The van der Waals surface area contributed by atoms with Crippen LogP contribution in [-0.2, 0) is 11.2 Å². The lowest BCUT2D eigenvalue weighted by atomic mass is 9.93. The number of rotatable bonds is 4. The number of likely N-dealkylation sites (tertiary alicyclic amines) is 1. The quantitative estimate of drug-likeness (QED) is 0.895. The third-order valence-electron chi connectivity index (χ3n) is 5.43. The van der Waals surface area contributed by atoms with Crippen LogP contribution in [0.3, 0.4) is 0 Å². The van der Waals surface area contributed by atoms with Crippen molar-refractivity contribution in [3.8, 4) is 5.69 Å². The lowest BCUT2D eigenvalue weighted by molar-refractivity contribution is -0.123. The van der Waals surface area contributed by atoms with Crippen LogP contribution in [0.2, 0.25) is 0 Å². The summed E-state index contributed by atoms with van der Waals surface area (Å²) in [5.41, 5.74) is 2.22. The molecule has 1 amide bonds. The molecule has 1 aliphatic heterocycles. The molecule has 1 aliphatic carbocycles. The summed E-state index contributed by atoms with van der Waals surface area (Å²) in [6.45, 7) is 2.38. The zero-order valence-electron chi connectivity index (χ0n) is 15.3. The molecule has 0 radical (unpaired) electrons. The van der Waals surface area contributed by atoms with Crippen molar-refractivity contribution >= 4 is 5.91 Å². The Kier molecular flexibility index (Phi) is 5.20. The second-order valence-electron chi connectivity index (χ2n) is 7.44. The molecule has 1 aromatic carbocycles. The van der Waals surface area contributed by atoms with E-state index < -0.39 is 11.6 Å². The molecule has 1 N–H and O–H groups in total. The monoisotopic (exact) mass is 374 g/mol. The zero-order valence-corrected chi connectivity index (χ0v) is 15.3. The lowest BCUT2D eigenvalue weighted by Gasteiger charge is -2.28. The average Bonchev–Trinajstić information content (AvgIpc) is 3.07. The first-order valence-electron chi connectivity index (χ1n) is 9.65. The molecule has 7 heteroatoms. The fourth-order valence-corrected chi connectivity index (χ4v) is 4.15. The Hall–Kier alpha value is -2.28. The van der Waals surface area contributed by atoms with E-state index in [1.165, 1.54) is 18.6 Å². The van der Waals surface area contributed by atoms with Gasteiger partial charge in [-0.1, -0.05) is 6.42 Å². The van der Waals surface area contributed by atoms with E-state index in [1.807, 2.05) is 0 Å². The molecule has 0 saturated carbocycles. The molecule has 2 heterocycles. The van der Waals surface area contributed by atoms with Crippen LogP contribution in [0.5, 0.6) is 0 Å². The van der Waals surface area contributed by atoms with E-state index >= 15 is 0 Å². The van der Waals surface area contributed by atoms with Crippen LogP contribution in [0, 0.1) is 11.6 Å². The molecule has 144 valence electrons. The average molecular weight is 374 g/mol. The number of halogens is 2. The number of hydrogen-bond donors (Lipinski definition) is 1. The van der Waals surface area contributed by atoms with Gasteiger partial charge in [-0.05, 0) is 57.3 Å². The van der Waals surface area contributed by atoms with Gasteiger partial charge in [0.2, 0.25) is 5.91 Å². The molecule has 0 spiro atoms.